The average Bonchev–Trinajstić information content (AvgIpc) is 2.49. The van der Waals surface area contributed by atoms with Crippen molar-refractivity contribution >= 4 is 5.82 Å². The van der Waals surface area contributed by atoms with Gasteiger partial charge in [-0.1, -0.05) is 29.8 Å². The van der Waals surface area contributed by atoms with Gasteiger partial charge in [0.25, 0.3) is 0 Å². The van der Waals surface area contributed by atoms with Crippen LogP contribution in [0.4, 0.5) is 5.82 Å². The standard InChI is InChI=1S/C16H19N3/c1-13-4-6-14(7-5-13)15-3-2-8-18-16(15)19-11-9-17-10-12-19/h2-8,17H,9-12H2,1H3. The third kappa shape index (κ3) is 2.61. The topological polar surface area (TPSA) is 28.2 Å². The number of aryl methyl sites for hydroxylation is 1. The molecule has 0 radical (unpaired) electrons. The summed E-state index contributed by atoms with van der Waals surface area (Å²) in [6.45, 7) is 6.23. The van der Waals surface area contributed by atoms with Gasteiger partial charge in [-0.05, 0) is 24.6 Å². The van der Waals surface area contributed by atoms with Crippen molar-refractivity contribution in [2.45, 2.75) is 6.92 Å². The molecule has 2 aromatic rings. The van der Waals surface area contributed by atoms with E-state index in [-0.39, 0.29) is 0 Å². The minimum atomic E-state index is 1.02. The Balaban J connectivity index is 1.98. The van der Waals surface area contributed by atoms with Crippen LogP contribution in [0.2, 0.25) is 0 Å². The van der Waals surface area contributed by atoms with Crippen LogP contribution in [-0.4, -0.2) is 31.2 Å². The first-order valence-electron chi connectivity index (χ1n) is 6.82. The largest absolute Gasteiger partial charge is 0.354 e. The molecule has 0 spiro atoms. The number of hydrogen-bond donors (Lipinski definition) is 1. The minimum Gasteiger partial charge on any atom is -0.354 e. The molecule has 3 nitrogen and oxygen atoms in total. The number of anilines is 1. The Labute approximate surface area is 114 Å². The van der Waals surface area contributed by atoms with E-state index in [0.29, 0.717) is 0 Å². The van der Waals surface area contributed by atoms with Crippen molar-refractivity contribution in [2.75, 3.05) is 31.1 Å². The molecule has 0 bridgehead atoms. The molecule has 3 rings (SSSR count). The van der Waals surface area contributed by atoms with Gasteiger partial charge in [-0.3, -0.25) is 0 Å². The maximum absolute atomic E-state index is 4.60. The van der Waals surface area contributed by atoms with Crippen molar-refractivity contribution in [3.63, 3.8) is 0 Å². The quantitative estimate of drug-likeness (QED) is 0.891. The van der Waals surface area contributed by atoms with E-state index in [0.717, 1.165) is 32.0 Å². The second-order valence-electron chi connectivity index (χ2n) is 4.98. The smallest absolute Gasteiger partial charge is 0.136 e. The van der Waals surface area contributed by atoms with Gasteiger partial charge in [-0.15, -0.1) is 0 Å². The first kappa shape index (κ1) is 12.2. The number of piperazine rings is 1. The number of benzene rings is 1. The highest BCUT2D eigenvalue weighted by Crippen LogP contribution is 2.28. The molecule has 1 N–H and O–H groups in total. The molecule has 0 saturated carbocycles. The summed E-state index contributed by atoms with van der Waals surface area (Å²) in [6.07, 6.45) is 1.88. The van der Waals surface area contributed by atoms with Gasteiger partial charge in [0.1, 0.15) is 5.82 Å². The summed E-state index contributed by atoms with van der Waals surface area (Å²) >= 11 is 0. The summed E-state index contributed by atoms with van der Waals surface area (Å²) in [5.41, 5.74) is 3.76. The van der Waals surface area contributed by atoms with E-state index in [1.807, 2.05) is 12.3 Å². The number of nitrogens with zero attached hydrogens (tertiary/aromatic N) is 2. The molecule has 0 atom stereocenters. The number of hydrogen-bond acceptors (Lipinski definition) is 3. The van der Waals surface area contributed by atoms with Crippen LogP contribution in [0.5, 0.6) is 0 Å². The fraction of sp³-hybridized carbons (Fsp3) is 0.312. The Morgan fingerprint density at radius 1 is 1.05 bits per heavy atom. The highest BCUT2D eigenvalue weighted by molar-refractivity contribution is 5.76. The molecule has 1 aromatic heterocycles. The number of nitrogens with one attached hydrogen (secondary N) is 1. The molecule has 1 saturated heterocycles. The average molecular weight is 253 g/mol. The van der Waals surface area contributed by atoms with Gasteiger partial charge in [0.2, 0.25) is 0 Å². The molecule has 1 fully saturated rings. The van der Waals surface area contributed by atoms with Gasteiger partial charge < -0.3 is 10.2 Å². The van der Waals surface area contributed by atoms with Gasteiger partial charge >= 0.3 is 0 Å². The van der Waals surface area contributed by atoms with Crippen LogP contribution in [0.1, 0.15) is 5.56 Å². The molecule has 0 amide bonds. The molecule has 3 heteroatoms. The predicted molar refractivity (Wildman–Crippen MR) is 79.5 cm³/mol. The lowest BCUT2D eigenvalue weighted by Gasteiger charge is -2.30. The van der Waals surface area contributed by atoms with Gasteiger partial charge in [0.15, 0.2) is 0 Å². The fourth-order valence-electron chi connectivity index (χ4n) is 2.48. The van der Waals surface area contributed by atoms with Crippen LogP contribution >= 0.6 is 0 Å². The van der Waals surface area contributed by atoms with E-state index in [2.05, 4.69) is 52.5 Å². The third-order valence-corrected chi connectivity index (χ3v) is 3.57. The molecule has 1 aromatic carbocycles. The molecule has 98 valence electrons. The second kappa shape index (κ2) is 5.41. The predicted octanol–water partition coefficient (Wildman–Crippen LogP) is 2.47. The zero-order chi connectivity index (χ0) is 13.1. The molecule has 0 unspecified atom stereocenters. The summed E-state index contributed by atoms with van der Waals surface area (Å²) in [4.78, 5) is 6.97. The molecular weight excluding hydrogens is 234 g/mol. The Bertz CT molecular complexity index is 542. The summed E-state index contributed by atoms with van der Waals surface area (Å²) < 4.78 is 0. The second-order valence-corrected chi connectivity index (χ2v) is 4.98. The van der Waals surface area contributed by atoms with Crippen molar-refractivity contribution in [3.8, 4) is 11.1 Å². The lowest BCUT2D eigenvalue weighted by molar-refractivity contribution is 0.585. The zero-order valence-electron chi connectivity index (χ0n) is 11.3. The van der Waals surface area contributed by atoms with Crippen LogP contribution in [0.3, 0.4) is 0 Å². The van der Waals surface area contributed by atoms with Crippen molar-refractivity contribution in [1.29, 1.82) is 0 Å². The molecule has 2 heterocycles. The SMILES string of the molecule is Cc1ccc(-c2cccnc2N2CCNCC2)cc1. The van der Waals surface area contributed by atoms with E-state index in [9.17, 15) is 0 Å². The zero-order valence-corrected chi connectivity index (χ0v) is 11.3. The van der Waals surface area contributed by atoms with Gasteiger partial charge in [0.05, 0.1) is 0 Å². The molecule has 19 heavy (non-hydrogen) atoms. The van der Waals surface area contributed by atoms with Crippen LogP contribution in [0, 0.1) is 6.92 Å². The third-order valence-electron chi connectivity index (χ3n) is 3.57. The van der Waals surface area contributed by atoms with Crippen LogP contribution in [0.15, 0.2) is 42.6 Å². The van der Waals surface area contributed by atoms with Crippen LogP contribution in [-0.2, 0) is 0 Å². The molecule has 1 aliphatic heterocycles. The monoisotopic (exact) mass is 253 g/mol. The van der Waals surface area contributed by atoms with E-state index in [1.54, 1.807) is 0 Å². The van der Waals surface area contributed by atoms with Crippen molar-refractivity contribution in [3.05, 3.63) is 48.2 Å². The van der Waals surface area contributed by atoms with Gasteiger partial charge in [0, 0.05) is 37.9 Å². The maximum atomic E-state index is 4.60. The van der Waals surface area contributed by atoms with Crippen molar-refractivity contribution in [2.24, 2.45) is 0 Å². The number of aromatic nitrogens is 1. The normalized spacial score (nSPS) is 15.5. The maximum Gasteiger partial charge on any atom is 0.136 e. The molecule has 1 aliphatic rings. The summed E-state index contributed by atoms with van der Waals surface area (Å²) in [6, 6.07) is 12.8. The lowest BCUT2D eigenvalue weighted by atomic mass is 10.0. The molecular formula is C16H19N3. The fourth-order valence-corrected chi connectivity index (χ4v) is 2.48. The highest BCUT2D eigenvalue weighted by Gasteiger charge is 2.15. The minimum absolute atomic E-state index is 1.02. The van der Waals surface area contributed by atoms with Crippen LogP contribution < -0.4 is 10.2 Å². The first-order valence-corrected chi connectivity index (χ1v) is 6.82. The Kier molecular flexibility index (Phi) is 3.47. The Morgan fingerprint density at radius 2 is 1.79 bits per heavy atom. The Morgan fingerprint density at radius 3 is 2.53 bits per heavy atom. The lowest BCUT2D eigenvalue weighted by Crippen LogP contribution is -2.44. The Hall–Kier alpha value is -1.87. The van der Waals surface area contributed by atoms with Crippen molar-refractivity contribution in [1.82, 2.24) is 10.3 Å². The summed E-state index contributed by atoms with van der Waals surface area (Å²) in [5.74, 6) is 1.10. The van der Waals surface area contributed by atoms with E-state index in [1.165, 1.54) is 16.7 Å². The van der Waals surface area contributed by atoms with Gasteiger partial charge in [-0.2, -0.15) is 0 Å². The number of rotatable bonds is 2. The van der Waals surface area contributed by atoms with Crippen LogP contribution in [0.25, 0.3) is 11.1 Å². The summed E-state index contributed by atoms with van der Waals surface area (Å²) in [5, 5.41) is 3.38. The number of pyridine rings is 1. The van der Waals surface area contributed by atoms with Gasteiger partial charge in [-0.25, -0.2) is 4.98 Å². The van der Waals surface area contributed by atoms with E-state index < -0.39 is 0 Å². The van der Waals surface area contributed by atoms with E-state index >= 15 is 0 Å². The molecule has 0 aliphatic carbocycles. The first-order chi connectivity index (χ1) is 9.34. The van der Waals surface area contributed by atoms with E-state index in [4.69, 9.17) is 0 Å². The summed E-state index contributed by atoms with van der Waals surface area (Å²) in [7, 11) is 0. The van der Waals surface area contributed by atoms with Crippen molar-refractivity contribution < 1.29 is 0 Å². The highest BCUT2D eigenvalue weighted by atomic mass is 15.2.